The van der Waals surface area contributed by atoms with E-state index in [1.54, 1.807) is 38.1 Å². The first-order chi connectivity index (χ1) is 13.6. The Morgan fingerprint density at radius 2 is 1.72 bits per heavy atom. The summed E-state index contributed by atoms with van der Waals surface area (Å²) in [4.78, 5) is 24.3. The zero-order valence-electron chi connectivity index (χ0n) is 17.0. The summed E-state index contributed by atoms with van der Waals surface area (Å²) in [5.74, 6) is -1.34. The van der Waals surface area contributed by atoms with Gasteiger partial charge in [-0.3, -0.25) is 9.59 Å². The number of carbonyl (C=O) groups is 2. The Morgan fingerprint density at radius 3 is 2.34 bits per heavy atom. The number of hydrogen-bond donors (Lipinski definition) is 2. The fraction of sp³-hybridized carbons (Fsp3) is 0.333. The first kappa shape index (κ1) is 22.6. The fourth-order valence-corrected chi connectivity index (χ4v) is 3.88. The molecule has 7 nitrogen and oxygen atoms in total. The molecule has 0 heterocycles. The monoisotopic (exact) mass is 418 g/mol. The summed E-state index contributed by atoms with van der Waals surface area (Å²) in [6.45, 7) is 6.34. The third kappa shape index (κ3) is 6.40. The summed E-state index contributed by atoms with van der Waals surface area (Å²) in [6, 6.07) is 12.4. The van der Waals surface area contributed by atoms with Crippen LogP contribution in [0.15, 0.2) is 47.4 Å². The Balaban J connectivity index is 1.90. The maximum atomic E-state index is 12.4. The molecule has 2 aromatic rings. The number of esters is 1. The number of aryl methyl sites for hydroxylation is 3. The van der Waals surface area contributed by atoms with Gasteiger partial charge in [-0.2, -0.15) is 4.72 Å². The Hall–Kier alpha value is -2.71. The molecule has 0 aliphatic carbocycles. The minimum Gasteiger partial charge on any atom is -0.452 e. The van der Waals surface area contributed by atoms with E-state index in [1.165, 1.54) is 13.0 Å². The SMILES string of the molecule is CCc1ccc(NC(=O)[C@@H](C)OC(=O)CNS(=O)(=O)c2cc(C)ccc2C)cc1. The van der Waals surface area contributed by atoms with Crippen LogP contribution < -0.4 is 10.0 Å². The third-order valence-corrected chi connectivity index (χ3v) is 5.89. The van der Waals surface area contributed by atoms with Gasteiger partial charge in [0.25, 0.3) is 5.91 Å². The van der Waals surface area contributed by atoms with Gasteiger partial charge < -0.3 is 10.1 Å². The smallest absolute Gasteiger partial charge is 0.321 e. The summed E-state index contributed by atoms with van der Waals surface area (Å²) in [5.41, 5.74) is 3.08. The summed E-state index contributed by atoms with van der Waals surface area (Å²) >= 11 is 0. The quantitative estimate of drug-likeness (QED) is 0.642. The average Bonchev–Trinajstić information content (AvgIpc) is 2.68. The molecule has 0 bridgehead atoms. The van der Waals surface area contributed by atoms with Crippen LogP contribution in [-0.2, 0) is 30.8 Å². The van der Waals surface area contributed by atoms with Gasteiger partial charge in [0.2, 0.25) is 10.0 Å². The second-order valence-corrected chi connectivity index (χ2v) is 8.50. The van der Waals surface area contributed by atoms with Crippen LogP contribution in [0.3, 0.4) is 0 Å². The number of benzene rings is 2. The lowest BCUT2D eigenvalue weighted by Crippen LogP contribution is -2.36. The highest BCUT2D eigenvalue weighted by molar-refractivity contribution is 7.89. The van der Waals surface area contributed by atoms with Gasteiger partial charge in [-0.15, -0.1) is 0 Å². The van der Waals surface area contributed by atoms with Crippen molar-refractivity contribution in [2.24, 2.45) is 0 Å². The van der Waals surface area contributed by atoms with E-state index in [4.69, 9.17) is 4.74 Å². The van der Waals surface area contributed by atoms with Gasteiger partial charge in [-0.1, -0.05) is 31.2 Å². The molecular formula is C21H26N2O5S. The van der Waals surface area contributed by atoms with E-state index in [2.05, 4.69) is 10.0 Å². The van der Waals surface area contributed by atoms with E-state index >= 15 is 0 Å². The van der Waals surface area contributed by atoms with Crippen LogP contribution >= 0.6 is 0 Å². The molecule has 0 aromatic heterocycles. The molecule has 0 spiro atoms. The standard InChI is InChI=1S/C21H26N2O5S/c1-5-17-8-10-18(11-9-17)23-21(25)16(4)28-20(24)13-22-29(26,27)19-12-14(2)6-7-15(19)3/h6-12,16,22H,5,13H2,1-4H3,(H,23,25)/t16-/m1/s1. The fourth-order valence-electron chi connectivity index (χ4n) is 2.59. The van der Waals surface area contributed by atoms with E-state index in [-0.39, 0.29) is 4.90 Å². The van der Waals surface area contributed by atoms with Gasteiger partial charge in [0.15, 0.2) is 6.10 Å². The predicted molar refractivity (Wildman–Crippen MR) is 111 cm³/mol. The van der Waals surface area contributed by atoms with Gasteiger partial charge in [0, 0.05) is 5.69 Å². The lowest BCUT2D eigenvalue weighted by Gasteiger charge is -2.14. The molecule has 29 heavy (non-hydrogen) atoms. The first-order valence-electron chi connectivity index (χ1n) is 9.28. The normalized spacial score (nSPS) is 12.3. The van der Waals surface area contributed by atoms with Crippen molar-refractivity contribution in [1.29, 1.82) is 0 Å². The van der Waals surface area contributed by atoms with E-state index in [9.17, 15) is 18.0 Å². The number of anilines is 1. The van der Waals surface area contributed by atoms with E-state index in [0.29, 0.717) is 11.3 Å². The summed E-state index contributed by atoms with van der Waals surface area (Å²) in [7, 11) is -3.87. The average molecular weight is 419 g/mol. The topological polar surface area (TPSA) is 102 Å². The van der Waals surface area contributed by atoms with Crippen molar-refractivity contribution >= 4 is 27.6 Å². The molecule has 2 aromatic carbocycles. The molecule has 2 N–H and O–H groups in total. The Labute approximate surface area is 171 Å². The molecule has 8 heteroatoms. The molecule has 2 rings (SSSR count). The van der Waals surface area contributed by atoms with E-state index in [0.717, 1.165) is 17.5 Å². The molecule has 0 saturated carbocycles. The lowest BCUT2D eigenvalue weighted by molar-refractivity contribution is -0.151. The molecule has 1 amide bonds. The Kier molecular flexibility index (Phi) is 7.53. The minimum atomic E-state index is -3.87. The van der Waals surface area contributed by atoms with Gasteiger partial charge in [0.05, 0.1) is 4.90 Å². The minimum absolute atomic E-state index is 0.103. The number of carbonyl (C=O) groups excluding carboxylic acids is 2. The van der Waals surface area contributed by atoms with Crippen LogP contribution in [0.2, 0.25) is 0 Å². The van der Waals surface area contributed by atoms with Gasteiger partial charge in [0.1, 0.15) is 6.54 Å². The van der Waals surface area contributed by atoms with Crippen LogP contribution in [0.25, 0.3) is 0 Å². The van der Waals surface area contributed by atoms with E-state index in [1.807, 2.05) is 19.1 Å². The number of sulfonamides is 1. The van der Waals surface area contributed by atoms with Crippen LogP contribution in [-0.4, -0.2) is 32.9 Å². The van der Waals surface area contributed by atoms with Crippen molar-refractivity contribution in [1.82, 2.24) is 4.72 Å². The molecule has 0 unspecified atom stereocenters. The lowest BCUT2D eigenvalue weighted by atomic mass is 10.1. The van der Waals surface area contributed by atoms with Crippen LogP contribution in [0.5, 0.6) is 0 Å². The highest BCUT2D eigenvalue weighted by Crippen LogP contribution is 2.16. The number of nitrogens with one attached hydrogen (secondary N) is 2. The highest BCUT2D eigenvalue weighted by atomic mass is 32.2. The Bertz CT molecular complexity index is 985. The molecule has 0 saturated heterocycles. The van der Waals surface area contributed by atoms with Gasteiger partial charge in [-0.05, 0) is 62.1 Å². The molecule has 0 aliphatic heterocycles. The van der Waals surface area contributed by atoms with Crippen LogP contribution in [0.1, 0.15) is 30.5 Å². The van der Waals surface area contributed by atoms with Crippen molar-refractivity contribution in [2.45, 2.75) is 45.1 Å². The van der Waals surface area contributed by atoms with Gasteiger partial charge >= 0.3 is 5.97 Å². The molecular weight excluding hydrogens is 392 g/mol. The summed E-state index contributed by atoms with van der Waals surface area (Å²) < 4.78 is 32.1. The van der Waals surface area contributed by atoms with Gasteiger partial charge in [-0.25, -0.2) is 8.42 Å². The van der Waals surface area contributed by atoms with Crippen LogP contribution in [0.4, 0.5) is 5.69 Å². The highest BCUT2D eigenvalue weighted by Gasteiger charge is 2.21. The van der Waals surface area contributed by atoms with Crippen molar-refractivity contribution in [3.8, 4) is 0 Å². The molecule has 156 valence electrons. The first-order valence-corrected chi connectivity index (χ1v) is 10.8. The third-order valence-electron chi connectivity index (χ3n) is 4.35. The van der Waals surface area contributed by atoms with E-state index < -0.39 is 34.5 Å². The summed E-state index contributed by atoms with van der Waals surface area (Å²) in [5, 5.41) is 2.66. The molecule has 0 aliphatic rings. The second-order valence-electron chi connectivity index (χ2n) is 6.77. The number of amides is 1. The predicted octanol–water partition coefficient (Wildman–Crippen LogP) is 2.71. The number of ether oxygens (including phenoxy) is 1. The molecule has 0 radical (unpaired) electrons. The maximum Gasteiger partial charge on any atom is 0.321 e. The zero-order valence-corrected chi connectivity index (χ0v) is 17.8. The maximum absolute atomic E-state index is 12.4. The van der Waals surface area contributed by atoms with Crippen molar-refractivity contribution in [3.05, 3.63) is 59.2 Å². The Morgan fingerprint density at radius 1 is 1.07 bits per heavy atom. The largest absolute Gasteiger partial charge is 0.452 e. The van der Waals surface area contributed by atoms with Crippen molar-refractivity contribution in [2.75, 3.05) is 11.9 Å². The van der Waals surface area contributed by atoms with Crippen molar-refractivity contribution in [3.63, 3.8) is 0 Å². The number of rotatable bonds is 8. The van der Waals surface area contributed by atoms with Crippen LogP contribution in [0, 0.1) is 13.8 Å². The zero-order chi connectivity index (χ0) is 21.6. The molecule has 1 atom stereocenters. The second kappa shape index (κ2) is 9.67. The number of hydrogen-bond acceptors (Lipinski definition) is 5. The van der Waals surface area contributed by atoms with Crippen molar-refractivity contribution < 1.29 is 22.7 Å². The summed E-state index contributed by atoms with van der Waals surface area (Å²) in [6.07, 6.45) is -0.182. The molecule has 0 fully saturated rings.